The summed E-state index contributed by atoms with van der Waals surface area (Å²) in [5.74, 6) is 0.696. The number of rotatable bonds is 15. The van der Waals surface area contributed by atoms with Crippen molar-refractivity contribution in [3.05, 3.63) is 52.5 Å². The van der Waals surface area contributed by atoms with E-state index in [-0.39, 0.29) is 42.1 Å². The van der Waals surface area contributed by atoms with Gasteiger partial charge in [-0.3, -0.25) is 9.59 Å². The van der Waals surface area contributed by atoms with Crippen LogP contribution in [0.3, 0.4) is 0 Å². The van der Waals surface area contributed by atoms with Gasteiger partial charge >= 0.3 is 0 Å². The van der Waals surface area contributed by atoms with E-state index < -0.39 is 6.29 Å². The predicted molar refractivity (Wildman–Crippen MR) is 157 cm³/mol. The molecule has 2 amide bonds. The van der Waals surface area contributed by atoms with E-state index in [0.717, 1.165) is 11.3 Å². The van der Waals surface area contributed by atoms with Gasteiger partial charge in [-0.2, -0.15) is 10.4 Å². The largest absolute Gasteiger partial charge is 0.493 e. The minimum Gasteiger partial charge on any atom is -0.493 e. The van der Waals surface area contributed by atoms with Crippen LogP contribution in [0.5, 0.6) is 17.2 Å². The molecule has 1 atom stereocenters. The summed E-state index contributed by atoms with van der Waals surface area (Å²) in [6.45, 7) is 5.09. The summed E-state index contributed by atoms with van der Waals surface area (Å²) in [6.07, 6.45) is 0.769. The normalized spacial score (nSPS) is 13.3. The van der Waals surface area contributed by atoms with Crippen molar-refractivity contribution in [3.8, 4) is 23.3 Å². The second-order valence-corrected chi connectivity index (χ2v) is 9.73. The van der Waals surface area contributed by atoms with Crippen molar-refractivity contribution >= 4 is 41.5 Å². The summed E-state index contributed by atoms with van der Waals surface area (Å²) < 4.78 is 16.7. The number of benzene rings is 2. The average molecular weight is 609 g/mol. The van der Waals surface area contributed by atoms with E-state index in [0.29, 0.717) is 67.9 Å². The van der Waals surface area contributed by atoms with Crippen molar-refractivity contribution in [2.24, 2.45) is 5.10 Å². The van der Waals surface area contributed by atoms with Crippen molar-refractivity contribution in [1.82, 2.24) is 16.1 Å². The highest BCUT2D eigenvalue weighted by Crippen LogP contribution is 2.27. The van der Waals surface area contributed by atoms with E-state index in [1.165, 1.54) is 0 Å². The van der Waals surface area contributed by atoms with E-state index in [1.807, 2.05) is 13.8 Å². The first-order chi connectivity index (χ1) is 19.2. The summed E-state index contributed by atoms with van der Waals surface area (Å²) in [4.78, 5) is 23.4. The molecule has 0 radical (unpaired) electrons. The van der Waals surface area contributed by atoms with Crippen molar-refractivity contribution in [3.63, 3.8) is 0 Å². The minimum absolute atomic E-state index is 0. The highest BCUT2D eigenvalue weighted by Gasteiger charge is 2.15. The molecule has 0 aliphatic carbocycles. The third kappa shape index (κ3) is 11.4. The number of halogens is 2. The van der Waals surface area contributed by atoms with E-state index in [9.17, 15) is 20.0 Å². The number of hydrogen-bond acceptors (Lipinski definition) is 9. The number of aliphatic hydroxyl groups is 1. The van der Waals surface area contributed by atoms with Crippen LogP contribution in [0.25, 0.3) is 0 Å². The molecule has 13 heteroatoms. The van der Waals surface area contributed by atoms with Crippen LogP contribution in [-0.2, 0) is 9.59 Å². The molecule has 11 nitrogen and oxygen atoms in total. The lowest BCUT2D eigenvalue weighted by molar-refractivity contribution is -0.123. The van der Waals surface area contributed by atoms with Crippen LogP contribution in [0, 0.1) is 11.3 Å². The number of ether oxygens (including phenoxy) is 3. The number of nitrogens with zero attached hydrogens (tertiary/aromatic N) is 2. The third-order valence-corrected chi connectivity index (χ3v) is 6.01. The van der Waals surface area contributed by atoms with Crippen molar-refractivity contribution in [2.45, 2.75) is 51.9 Å². The van der Waals surface area contributed by atoms with Gasteiger partial charge in [0.15, 0.2) is 12.9 Å². The zero-order chi connectivity index (χ0) is 28.9. The first kappa shape index (κ1) is 33.6. The van der Waals surface area contributed by atoms with Gasteiger partial charge in [-0.15, -0.1) is 12.4 Å². The number of amides is 2. The summed E-state index contributed by atoms with van der Waals surface area (Å²) in [7, 11) is 0. The molecule has 2 aromatic rings. The second kappa shape index (κ2) is 17.3. The lowest BCUT2D eigenvalue weighted by Gasteiger charge is -2.16. The number of nitriles is 1. The topological polar surface area (TPSA) is 154 Å². The Kier molecular flexibility index (Phi) is 14.2. The summed E-state index contributed by atoms with van der Waals surface area (Å²) >= 11 is 6.29. The number of carbonyl (C=O) groups excluding carboxylic acids is 2. The Morgan fingerprint density at radius 2 is 1.95 bits per heavy atom. The fourth-order valence-corrected chi connectivity index (χ4v) is 3.89. The van der Waals surface area contributed by atoms with Crippen LogP contribution in [0.1, 0.15) is 50.7 Å². The van der Waals surface area contributed by atoms with Gasteiger partial charge < -0.3 is 30.0 Å². The number of carbonyl (C=O) groups is 2. The highest BCUT2D eigenvalue weighted by molar-refractivity contribution is 6.32. The van der Waals surface area contributed by atoms with E-state index in [1.54, 1.807) is 36.4 Å². The summed E-state index contributed by atoms with van der Waals surface area (Å²) in [5.41, 5.74) is 4.21. The van der Waals surface area contributed by atoms with E-state index >= 15 is 0 Å². The second-order valence-electron chi connectivity index (χ2n) is 9.32. The predicted octanol–water partition coefficient (Wildman–Crippen LogP) is 3.30. The molecule has 4 N–H and O–H groups in total. The molecule has 3 rings (SSSR count). The maximum Gasteiger partial charge on any atom is 0.257 e. The maximum atomic E-state index is 12.2. The molecular formula is C28H35Cl2N5O6. The molecule has 1 aliphatic heterocycles. The van der Waals surface area contributed by atoms with Crippen molar-refractivity contribution < 1.29 is 28.9 Å². The number of hydrogen-bond donors (Lipinski definition) is 4. The zero-order valence-electron chi connectivity index (χ0n) is 22.9. The molecule has 0 saturated carbocycles. The summed E-state index contributed by atoms with van der Waals surface area (Å²) in [6, 6.07) is 12.3. The highest BCUT2D eigenvalue weighted by atomic mass is 35.5. The molecule has 1 heterocycles. The molecule has 0 bridgehead atoms. The fourth-order valence-electron chi connectivity index (χ4n) is 3.65. The van der Waals surface area contributed by atoms with Crippen LogP contribution in [0.15, 0.2) is 41.5 Å². The quantitative estimate of drug-likeness (QED) is 0.178. The third-order valence-electron chi connectivity index (χ3n) is 5.72. The van der Waals surface area contributed by atoms with Crippen molar-refractivity contribution in [1.29, 1.82) is 5.26 Å². The molecule has 1 unspecified atom stereocenters. The van der Waals surface area contributed by atoms with Crippen LogP contribution < -0.4 is 30.3 Å². The number of nitrogens with one attached hydrogen (secondary N) is 3. The van der Waals surface area contributed by atoms with Gasteiger partial charge in [-0.25, -0.2) is 5.43 Å². The lowest BCUT2D eigenvalue weighted by atomic mass is 10.0. The number of aliphatic hydroxyl groups excluding tert-OH is 1. The van der Waals surface area contributed by atoms with Gasteiger partial charge in [0.1, 0.15) is 23.3 Å². The van der Waals surface area contributed by atoms with Crippen LogP contribution in [0.4, 0.5) is 0 Å². The molecule has 2 aromatic carbocycles. The minimum atomic E-state index is -1.03. The van der Waals surface area contributed by atoms with Crippen LogP contribution >= 0.6 is 24.0 Å². The molecular weight excluding hydrogens is 573 g/mol. The molecule has 41 heavy (non-hydrogen) atoms. The molecule has 0 saturated heterocycles. The van der Waals surface area contributed by atoms with Crippen LogP contribution in [0.2, 0.25) is 5.02 Å². The summed E-state index contributed by atoms with van der Waals surface area (Å²) in [5, 5.41) is 29.8. The van der Waals surface area contributed by atoms with Gasteiger partial charge in [0, 0.05) is 44.5 Å². The molecule has 1 aliphatic rings. The van der Waals surface area contributed by atoms with Gasteiger partial charge in [-0.05, 0) is 42.3 Å². The van der Waals surface area contributed by atoms with Crippen molar-refractivity contribution in [2.75, 3.05) is 26.3 Å². The standard InChI is InChI=1S/C28H34ClN5O6.ClH/c1-18(2)31-12-10-28(37)40-24-8-5-21(14-20(24)16-30)38-13-3-11-32-27(36)17-39-25-7-4-19(15-22(25)29)23-6-9-26(35)34-33-23;/h4-5,7-8,14-15,18,28,31,37H,3,6,9-13,17H2,1-2H3,(H,32,36)(H,34,35);1H. The Labute approximate surface area is 250 Å². The fraction of sp³-hybridized carbons (Fsp3) is 0.429. The molecule has 0 aromatic heterocycles. The van der Waals surface area contributed by atoms with E-state index in [2.05, 4.69) is 27.2 Å². The SMILES string of the molecule is CC(C)NCCC(O)Oc1ccc(OCCCNC(=O)COc2ccc(C3=NNC(=O)CC3)cc2Cl)cc1C#N.Cl. The first-order valence-electron chi connectivity index (χ1n) is 13.0. The van der Waals surface area contributed by atoms with Crippen LogP contribution in [-0.4, -0.2) is 61.3 Å². The first-order valence-corrected chi connectivity index (χ1v) is 13.4. The van der Waals surface area contributed by atoms with E-state index in [4.69, 9.17) is 25.8 Å². The van der Waals surface area contributed by atoms with Gasteiger partial charge in [0.25, 0.3) is 5.91 Å². The Bertz CT molecular complexity index is 1250. The average Bonchev–Trinajstić information content (AvgIpc) is 2.93. The Balaban J connectivity index is 0.00000588. The lowest BCUT2D eigenvalue weighted by Crippen LogP contribution is -2.30. The Hall–Kier alpha value is -3.56. The Morgan fingerprint density at radius 3 is 2.63 bits per heavy atom. The van der Waals surface area contributed by atoms with Gasteiger partial charge in [0.2, 0.25) is 5.91 Å². The van der Waals surface area contributed by atoms with Gasteiger partial charge in [-0.1, -0.05) is 25.4 Å². The molecule has 0 spiro atoms. The van der Waals surface area contributed by atoms with Gasteiger partial charge in [0.05, 0.1) is 22.9 Å². The Morgan fingerprint density at radius 1 is 1.17 bits per heavy atom. The molecule has 222 valence electrons. The molecule has 0 fully saturated rings. The monoisotopic (exact) mass is 607 g/mol. The maximum absolute atomic E-state index is 12.2. The smallest absolute Gasteiger partial charge is 0.257 e. The zero-order valence-corrected chi connectivity index (χ0v) is 24.5. The number of hydrazone groups is 1.